The van der Waals surface area contributed by atoms with Gasteiger partial charge in [-0.05, 0) is 35.6 Å². The molecule has 23 heteroatoms. The standard InChI is InChI=1S/C38H48F2N8O7S.C2HF3O2/c1-22(49)47(15-12-27(41)35(52)44-14-13-43-31(50)20-48-32(51)17-30(36(48)53)56-21-28(42)37(54)55)33(38(2,3)4)34-45-29(25-16-24(39)10-11-26(25)40)19-46(34)18-23-8-6-5-7-9-23;3-2(4,5)1(6)7/h5-11,16,19,27-28,30,33H,12-15,17-18,20-21,41-42H2,1-4H3,(H,43,50)(H,44,52)(H,54,55);(H,6,7). The molecule has 0 spiro atoms. The lowest BCUT2D eigenvalue weighted by molar-refractivity contribution is -0.192. The molecule has 0 saturated carbocycles. The summed E-state index contributed by atoms with van der Waals surface area (Å²) in [4.78, 5) is 90.7. The van der Waals surface area contributed by atoms with Crippen LogP contribution >= 0.6 is 11.8 Å². The van der Waals surface area contributed by atoms with E-state index in [9.17, 15) is 50.7 Å². The minimum Gasteiger partial charge on any atom is -0.480 e. The van der Waals surface area contributed by atoms with Crippen molar-refractivity contribution in [1.82, 2.24) is 30.0 Å². The molecule has 4 rings (SSSR count). The summed E-state index contributed by atoms with van der Waals surface area (Å²) in [7, 11) is 0. The van der Waals surface area contributed by atoms with Crippen molar-refractivity contribution in [3.63, 3.8) is 0 Å². The number of nitrogens with zero attached hydrogens (tertiary/aromatic N) is 4. The number of imidazole rings is 1. The summed E-state index contributed by atoms with van der Waals surface area (Å²) >= 11 is 0.942. The van der Waals surface area contributed by atoms with Gasteiger partial charge >= 0.3 is 18.1 Å². The van der Waals surface area contributed by atoms with E-state index in [2.05, 4.69) is 10.6 Å². The average Bonchev–Trinajstić information content (AvgIpc) is 3.72. The summed E-state index contributed by atoms with van der Waals surface area (Å²) in [5, 5.41) is 20.4. The number of nitrogens with two attached hydrogens (primary N) is 2. The molecule has 63 heavy (non-hydrogen) atoms. The number of hydrogen-bond acceptors (Lipinski definition) is 11. The van der Waals surface area contributed by atoms with Crippen LogP contribution in [0.2, 0.25) is 0 Å². The number of carboxylic acids is 2. The van der Waals surface area contributed by atoms with Gasteiger partial charge in [-0.2, -0.15) is 13.2 Å². The van der Waals surface area contributed by atoms with Gasteiger partial charge in [-0.15, -0.1) is 11.8 Å². The van der Waals surface area contributed by atoms with Crippen molar-refractivity contribution in [3.05, 3.63) is 77.8 Å². The Morgan fingerprint density at radius 3 is 2.16 bits per heavy atom. The largest absolute Gasteiger partial charge is 0.490 e. The number of hydrogen-bond donors (Lipinski definition) is 6. The minimum atomic E-state index is -5.08. The third-order valence-electron chi connectivity index (χ3n) is 9.29. The fourth-order valence-electron chi connectivity index (χ4n) is 6.21. The highest BCUT2D eigenvalue weighted by atomic mass is 32.2. The summed E-state index contributed by atoms with van der Waals surface area (Å²) in [5.74, 6) is -7.62. The number of likely N-dealkylation sites (tertiary alicyclic amines) is 1. The van der Waals surface area contributed by atoms with Gasteiger partial charge in [0.1, 0.15) is 30.0 Å². The Hall–Kier alpha value is -5.94. The fraction of sp³-hybridized carbons (Fsp3) is 0.450. The van der Waals surface area contributed by atoms with E-state index in [1.165, 1.54) is 6.92 Å². The quantitative estimate of drug-likeness (QED) is 0.0610. The van der Waals surface area contributed by atoms with E-state index in [4.69, 9.17) is 31.5 Å². The monoisotopic (exact) mass is 912 g/mol. The molecule has 1 aromatic heterocycles. The van der Waals surface area contributed by atoms with Crippen molar-refractivity contribution in [2.24, 2.45) is 16.9 Å². The van der Waals surface area contributed by atoms with Crippen LogP contribution in [0.5, 0.6) is 0 Å². The zero-order valence-corrected chi connectivity index (χ0v) is 35.5. The first kappa shape index (κ1) is 51.4. The summed E-state index contributed by atoms with van der Waals surface area (Å²) in [6, 6.07) is 9.64. The molecule has 0 aliphatic carbocycles. The fourth-order valence-corrected chi connectivity index (χ4v) is 7.32. The SMILES string of the molecule is CC(=O)N(CCC(N)C(=O)NCCNC(=O)CN1C(=O)CC(SCC(N)C(=O)O)C1=O)C(c1nc(-c2cc(F)ccc2F)cn1Cc1ccccc1)C(C)(C)C.O=C(O)C(F)(F)F. The van der Waals surface area contributed by atoms with E-state index in [0.29, 0.717) is 12.4 Å². The van der Waals surface area contributed by atoms with Gasteiger partial charge in [-0.3, -0.25) is 33.7 Å². The molecule has 3 aromatic rings. The van der Waals surface area contributed by atoms with Crippen molar-refractivity contribution in [3.8, 4) is 11.3 Å². The van der Waals surface area contributed by atoms with Gasteiger partial charge in [0.05, 0.1) is 23.0 Å². The van der Waals surface area contributed by atoms with Gasteiger partial charge in [0.15, 0.2) is 0 Å². The Balaban J connectivity index is 0.00000139. The second-order valence-electron chi connectivity index (χ2n) is 15.3. The van der Waals surface area contributed by atoms with Crippen LogP contribution in [-0.2, 0) is 40.1 Å². The third-order valence-corrected chi connectivity index (χ3v) is 10.6. The summed E-state index contributed by atoms with van der Waals surface area (Å²) in [6.45, 7) is 6.92. The number of benzene rings is 2. The first-order chi connectivity index (χ1) is 29.3. The Labute approximate surface area is 362 Å². The van der Waals surface area contributed by atoms with E-state index < -0.39 is 88.7 Å². The van der Waals surface area contributed by atoms with E-state index in [0.717, 1.165) is 40.4 Å². The number of amides is 5. The number of halogens is 5. The Morgan fingerprint density at radius 1 is 0.968 bits per heavy atom. The topological polar surface area (TPSA) is 260 Å². The Morgan fingerprint density at radius 2 is 1.59 bits per heavy atom. The first-order valence-corrected chi connectivity index (χ1v) is 20.2. The normalized spacial score (nSPS) is 15.5. The summed E-state index contributed by atoms with van der Waals surface area (Å²) < 4.78 is 62.8. The molecular formula is C40H49F5N8O9S. The van der Waals surface area contributed by atoms with Gasteiger partial charge in [0.2, 0.25) is 29.5 Å². The lowest BCUT2D eigenvalue weighted by atomic mass is 9.84. The molecule has 2 aromatic carbocycles. The summed E-state index contributed by atoms with van der Waals surface area (Å²) in [6.07, 6.45) is -3.58. The van der Waals surface area contributed by atoms with Gasteiger partial charge in [0.25, 0.3) is 0 Å². The van der Waals surface area contributed by atoms with Crippen LogP contribution in [0.1, 0.15) is 58.0 Å². The second-order valence-corrected chi connectivity index (χ2v) is 16.6. The molecule has 1 saturated heterocycles. The van der Waals surface area contributed by atoms with Crippen LogP contribution in [0.15, 0.2) is 54.7 Å². The number of thioether (sulfide) groups is 1. The molecule has 5 amide bonds. The molecule has 2 heterocycles. The van der Waals surface area contributed by atoms with E-state index in [-0.39, 0.29) is 55.4 Å². The maximum absolute atomic E-state index is 15.0. The van der Waals surface area contributed by atoms with Crippen molar-refractivity contribution in [2.75, 3.05) is 31.9 Å². The first-order valence-electron chi connectivity index (χ1n) is 19.2. The molecular weight excluding hydrogens is 864 g/mol. The van der Waals surface area contributed by atoms with Crippen molar-refractivity contribution < 1.29 is 65.7 Å². The number of aromatic nitrogens is 2. The molecule has 1 fully saturated rings. The van der Waals surface area contributed by atoms with E-state index in [1.807, 2.05) is 55.7 Å². The highest BCUT2D eigenvalue weighted by molar-refractivity contribution is 8.00. The number of alkyl halides is 3. The molecule has 4 atom stereocenters. The van der Waals surface area contributed by atoms with Crippen LogP contribution in [0.4, 0.5) is 22.0 Å². The maximum Gasteiger partial charge on any atom is 0.490 e. The number of carbonyl (C=O) groups is 7. The molecule has 17 nitrogen and oxygen atoms in total. The predicted octanol–water partition coefficient (Wildman–Crippen LogP) is 2.67. The third kappa shape index (κ3) is 15.1. The molecule has 1 aliphatic rings. The van der Waals surface area contributed by atoms with Crippen molar-refractivity contribution >= 4 is 53.2 Å². The van der Waals surface area contributed by atoms with Crippen LogP contribution in [0, 0.1) is 17.0 Å². The van der Waals surface area contributed by atoms with Crippen LogP contribution < -0.4 is 22.1 Å². The smallest absolute Gasteiger partial charge is 0.480 e. The number of rotatable bonds is 18. The average molecular weight is 913 g/mol. The lowest BCUT2D eigenvalue weighted by Gasteiger charge is -2.40. The number of carbonyl (C=O) groups excluding carboxylic acids is 5. The Kier molecular flexibility index (Phi) is 18.3. The van der Waals surface area contributed by atoms with Crippen molar-refractivity contribution in [1.29, 1.82) is 0 Å². The predicted molar refractivity (Wildman–Crippen MR) is 218 cm³/mol. The van der Waals surface area contributed by atoms with Crippen LogP contribution in [0.25, 0.3) is 11.3 Å². The molecule has 0 bridgehead atoms. The zero-order chi connectivity index (χ0) is 47.4. The molecule has 1 aliphatic heterocycles. The van der Waals surface area contributed by atoms with Gasteiger partial charge in [0, 0.05) is 57.0 Å². The van der Waals surface area contributed by atoms with E-state index in [1.54, 1.807) is 11.1 Å². The van der Waals surface area contributed by atoms with Crippen LogP contribution in [-0.4, -0.2) is 126 Å². The van der Waals surface area contributed by atoms with E-state index >= 15 is 0 Å². The number of aliphatic carboxylic acids is 2. The zero-order valence-electron chi connectivity index (χ0n) is 34.7. The maximum atomic E-state index is 15.0. The highest BCUT2D eigenvalue weighted by Gasteiger charge is 2.41. The van der Waals surface area contributed by atoms with Gasteiger partial charge in [-0.1, -0.05) is 51.1 Å². The minimum absolute atomic E-state index is 0.0247. The number of imide groups is 1. The molecule has 8 N–H and O–H groups in total. The molecule has 0 radical (unpaired) electrons. The summed E-state index contributed by atoms with van der Waals surface area (Å²) in [5.41, 5.74) is 12.2. The number of nitrogens with one attached hydrogen (secondary N) is 2. The van der Waals surface area contributed by atoms with Gasteiger partial charge in [-0.25, -0.2) is 18.6 Å². The number of carboxylic acid groups (broad SMARTS) is 2. The van der Waals surface area contributed by atoms with Gasteiger partial charge < -0.3 is 41.8 Å². The van der Waals surface area contributed by atoms with Crippen molar-refractivity contribution in [2.45, 2.75) is 76.6 Å². The highest BCUT2D eigenvalue weighted by Crippen LogP contribution is 2.39. The Bertz CT molecular complexity index is 2140. The lowest BCUT2D eigenvalue weighted by Crippen LogP contribution is -2.48. The second kappa shape index (κ2) is 22.4. The molecule has 4 unspecified atom stereocenters. The molecule has 344 valence electrons. The van der Waals surface area contributed by atoms with Crippen LogP contribution in [0.3, 0.4) is 0 Å².